The number of hydrogen-bond acceptors (Lipinski definition) is 3. The molecular formula is C14H10ClNO3. The van der Waals surface area contributed by atoms with Crippen LogP contribution in [0.15, 0.2) is 35.1 Å². The van der Waals surface area contributed by atoms with E-state index in [2.05, 4.69) is 0 Å². The number of rotatable bonds is 0. The fourth-order valence-corrected chi connectivity index (χ4v) is 2.50. The monoisotopic (exact) mass is 275 g/mol. The maximum absolute atomic E-state index is 12.4. The SMILES string of the molecule is Cn1c2cc(Cl)ccc2c(=O)c2c(O)cc(O)cc21. The summed E-state index contributed by atoms with van der Waals surface area (Å²) >= 11 is 5.94. The number of fused-ring (bicyclic) bond motifs is 2. The lowest BCUT2D eigenvalue weighted by Gasteiger charge is -2.11. The molecule has 0 amide bonds. The lowest BCUT2D eigenvalue weighted by Crippen LogP contribution is -2.09. The van der Waals surface area contributed by atoms with Gasteiger partial charge < -0.3 is 14.8 Å². The molecule has 4 nitrogen and oxygen atoms in total. The minimum absolute atomic E-state index is 0.0959. The number of halogens is 1. The molecule has 0 saturated heterocycles. The third-order valence-electron chi connectivity index (χ3n) is 3.24. The van der Waals surface area contributed by atoms with Crippen molar-refractivity contribution in [1.29, 1.82) is 0 Å². The Morgan fingerprint density at radius 2 is 1.84 bits per heavy atom. The number of aryl methyl sites for hydroxylation is 1. The van der Waals surface area contributed by atoms with Crippen LogP contribution in [0.5, 0.6) is 11.5 Å². The van der Waals surface area contributed by atoms with Gasteiger partial charge in [0.1, 0.15) is 11.5 Å². The highest BCUT2D eigenvalue weighted by Gasteiger charge is 2.13. The van der Waals surface area contributed by atoms with Gasteiger partial charge in [-0.2, -0.15) is 0 Å². The molecule has 5 heteroatoms. The Bertz CT molecular complexity index is 883. The number of hydrogen-bond donors (Lipinski definition) is 2. The Morgan fingerprint density at radius 3 is 2.58 bits per heavy atom. The van der Waals surface area contributed by atoms with E-state index in [0.717, 1.165) is 6.07 Å². The van der Waals surface area contributed by atoms with Gasteiger partial charge in [0.25, 0.3) is 0 Å². The number of phenols is 2. The summed E-state index contributed by atoms with van der Waals surface area (Å²) in [6, 6.07) is 7.54. The third-order valence-corrected chi connectivity index (χ3v) is 3.47. The van der Waals surface area contributed by atoms with Gasteiger partial charge in [-0.15, -0.1) is 0 Å². The molecule has 0 radical (unpaired) electrons. The Kier molecular flexibility index (Phi) is 2.43. The second kappa shape index (κ2) is 3.90. The summed E-state index contributed by atoms with van der Waals surface area (Å²) in [7, 11) is 1.75. The molecule has 2 aromatic carbocycles. The summed E-state index contributed by atoms with van der Waals surface area (Å²) in [6.45, 7) is 0. The molecule has 3 rings (SSSR count). The standard InChI is InChI=1S/C14H10ClNO3/c1-16-10-4-7(15)2-3-9(10)14(19)13-11(16)5-8(17)6-12(13)18/h2-6,17-18H,1H3. The zero-order valence-corrected chi connectivity index (χ0v) is 10.8. The van der Waals surface area contributed by atoms with Gasteiger partial charge in [0.05, 0.1) is 16.4 Å². The summed E-state index contributed by atoms with van der Waals surface area (Å²) in [6.07, 6.45) is 0. The van der Waals surface area contributed by atoms with Gasteiger partial charge in [-0.05, 0) is 18.2 Å². The van der Waals surface area contributed by atoms with E-state index in [1.165, 1.54) is 6.07 Å². The number of aromatic hydroxyl groups is 2. The van der Waals surface area contributed by atoms with Gasteiger partial charge in [-0.1, -0.05) is 11.6 Å². The van der Waals surface area contributed by atoms with Crippen LogP contribution in [0.1, 0.15) is 0 Å². The van der Waals surface area contributed by atoms with Crippen LogP contribution < -0.4 is 5.43 Å². The summed E-state index contributed by atoms with van der Waals surface area (Å²) in [5.74, 6) is -0.325. The highest BCUT2D eigenvalue weighted by molar-refractivity contribution is 6.31. The number of pyridine rings is 1. The molecule has 0 aliphatic rings. The molecule has 1 heterocycles. The lowest BCUT2D eigenvalue weighted by molar-refractivity contribution is 0.454. The molecule has 0 aliphatic carbocycles. The molecule has 96 valence electrons. The first-order valence-electron chi connectivity index (χ1n) is 5.63. The Labute approximate surface area is 113 Å². The predicted molar refractivity (Wildman–Crippen MR) is 75.0 cm³/mol. The van der Waals surface area contributed by atoms with E-state index in [-0.39, 0.29) is 22.3 Å². The van der Waals surface area contributed by atoms with E-state index in [1.807, 2.05) is 0 Å². The summed E-state index contributed by atoms with van der Waals surface area (Å²) in [4.78, 5) is 12.4. The molecule has 19 heavy (non-hydrogen) atoms. The van der Waals surface area contributed by atoms with Crippen molar-refractivity contribution >= 4 is 33.4 Å². The first-order valence-corrected chi connectivity index (χ1v) is 6.01. The van der Waals surface area contributed by atoms with Crippen molar-refractivity contribution in [2.24, 2.45) is 7.05 Å². The van der Waals surface area contributed by atoms with Crippen molar-refractivity contribution in [1.82, 2.24) is 4.57 Å². The topological polar surface area (TPSA) is 62.5 Å². The van der Waals surface area contributed by atoms with E-state index in [9.17, 15) is 15.0 Å². The average Bonchev–Trinajstić information content (AvgIpc) is 2.35. The van der Waals surface area contributed by atoms with E-state index in [4.69, 9.17) is 11.6 Å². The van der Waals surface area contributed by atoms with E-state index in [1.54, 1.807) is 29.8 Å². The molecule has 2 N–H and O–H groups in total. The third kappa shape index (κ3) is 1.64. The lowest BCUT2D eigenvalue weighted by atomic mass is 10.1. The van der Waals surface area contributed by atoms with Crippen molar-refractivity contribution in [3.63, 3.8) is 0 Å². The molecule has 0 spiro atoms. The van der Waals surface area contributed by atoms with Crippen molar-refractivity contribution in [2.45, 2.75) is 0 Å². The van der Waals surface area contributed by atoms with Gasteiger partial charge in [0, 0.05) is 29.6 Å². The van der Waals surface area contributed by atoms with Crippen LogP contribution in [0.25, 0.3) is 21.8 Å². The smallest absolute Gasteiger partial charge is 0.200 e. The second-order valence-electron chi connectivity index (χ2n) is 4.41. The Balaban J connectivity index is 2.69. The molecule has 0 aliphatic heterocycles. The number of aromatic nitrogens is 1. The van der Waals surface area contributed by atoms with Crippen LogP contribution in [0.2, 0.25) is 5.02 Å². The molecule has 0 bridgehead atoms. The predicted octanol–water partition coefficient (Wildman–Crippen LogP) is 2.76. The fraction of sp³-hybridized carbons (Fsp3) is 0.0714. The molecule has 3 aromatic rings. The molecule has 0 atom stereocenters. The summed E-state index contributed by atoms with van der Waals surface area (Å²) in [5, 5.41) is 20.6. The molecule has 1 aromatic heterocycles. The highest BCUT2D eigenvalue weighted by atomic mass is 35.5. The minimum atomic E-state index is -0.280. The van der Waals surface area contributed by atoms with Gasteiger partial charge in [0.15, 0.2) is 0 Å². The normalized spacial score (nSPS) is 11.3. The quantitative estimate of drug-likeness (QED) is 0.620. The van der Waals surface area contributed by atoms with E-state index >= 15 is 0 Å². The highest BCUT2D eigenvalue weighted by Crippen LogP contribution is 2.30. The first-order chi connectivity index (χ1) is 8.99. The molecule has 0 unspecified atom stereocenters. The summed E-state index contributed by atoms with van der Waals surface area (Å²) in [5.41, 5.74) is 0.824. The second-order valence-corrected chi connectivity index (χ2v) is 4.85. The zero-order chi connectivity index (χ0) is 13.7. The molecule has 0 fully saturated rings. The Morgan fingerprint density at radius 1 is 1.11 bits per heavy atom. The number of phenolic OH excluding ortho intramolecular Hbond substituents is 2. The Hall–Kier alpha value is -2.20. The average molecular weight is 276 g/mol. The van der Waals surface area contributed by atoms with Crippen LogP contribution >= 0.6 is 11.6 Å². The van der Waals surface area contributed by atoms with E-state index in [0.29, 0.717) is 21.4 Å². The number of benzene rings is 2. The van der Waals surface area contributed by atoms with Gasteiger partial charge in [0.2, 0.25) is 5.43 Å². The van der Waals surface area contributed by atoms with Crippen LogP contribution in [0.3, 0.4) is 0 Å². The van der Waals surface area contributed by atoms with Crippen molar-refractivity contribution in [3.8, 4) is 11.5 Å². The van der Waals surface area contributed by atoms with Crippen molar-refractivity contribution in [3.05, 3.63) is 45.6 Å². The first kappa shape index (κ1) is 11.9. The largest absolute Gasteiger partial charge is 0.508 e. The van der Waals surface area contributed by atoms with E-state index < -0.39 is 0 Å². The van der Waals surface area contributed by atoms with Gasteiger partial charge >= 0.3 is 0 Å². The maximum atomic E-state index is 12.4. The van der Waals surface area contributed by atoms with Crippen LogP contribution in [0, 0.1) is 0 Å². The minimum Gasteiger partial charge on any atom is -0.508 e. The van der Waals surface area contributed by atoms with Gasteiger partial charge in [-0.3, -0.25) is 4.79 Å². The van der Waals surface area contributed by atoms with Crippen LogP contribution in [-0.4, -0.2) is 14.8 Å². The number of nitrogens with zero attached hydrogens (tertiary/aromatic N) is 1. The van der Waals surface area contributed by atoms with Crippen molar-refractivity contribution < 1.29 is 10.2 Å². The fourth-order valence-electron chi connectivity index (χ4n) is 2.33. The molecular weight excluding hydrogens is 266 g/mol. The zero-order valence-electron chi connectivity index (χ0n) is 10.0. The summed E-state index contributed by atoms with van der Waals surface area (Å²) < 4.78 is 1.72. The molecule has 0 saturated carbocycles. The van der Waals surface area contributed by atoms with Crippen molar-refractivity contribution in [2.75, 3.05) is 0 Å². The van der Waals surface area contributed by atoms with Crippen LogP contribution in [-0.2, 0) is 7.05 Å². The van der Waals surface area contributed by atoms with Gasteiger partial charge in [-0.25, -0.2) is 0 Å². The maximum Gasteiger partial charge on any atom is 0.200 e. The van der Waals surface area contributed by atoms with Crippen LogP contribution in [0.4, 0.5) is 0 Å².